The SMILES string of the molecule is O=C(c1cc2ccccc2n1Cc1ccccc1F)N1CCN(S(=O)(=O)c2ccccc2)CC1. The second-order valence-corrected chi connectivity index (χ2v) is 10.2. The lowest BCUT2D eigenvalue weighted by molar-refractivity contribution is 0.0688. The molecule has 1 aliphatic heterocycles. The van der Waals surface area contributed by atoms with Crippen molar-refractivity contribution in [3.05, 3.63) is 102 Å². The molecule has 8 heteroatoms. The molecule has 1 aliphatic rings. The lowest BCUT2D eigenvalue weighted by atomic mass is 10.2. The van der Waals surface area contributed by atoms with E-state index in [2.05, 4.69) is 0 Å². The number of aromatic nitrogens is 1. The fourth-order valence-corrected chi connectivity index (χ4v) is 5.83. The zero-order valence-electron chi connectivity index (χ0n) is 18.5. The summed E-state index contributed by atoms with van der Waals surface area (Å²) in [5.74, 6) is -0.511. The molecule has 0 radical (unpaired) electrons. The Morgan fingerprint density at radius 1 is 0.824 bits per heavy atom. The molecule has 0 aliphatic carbocycles. The number of amides is 1. The monoisotopic (exact) mass is 477 g/mol. The van der Waals surface area contributed by atoms with Crippen molar-refractivity contribution in [3.8, 4) is 0 Å². The van der Waals surface area contributed by atoms with E-state index in [1.165, 1.54) is 10.4 Å². The van der Waals surface area contributed by atoms with Gasteiger partial charge in [0, 0.05) is 42.6 Å². The van der Waals surface area contributed by atoms with Crippen molar-refractivity contribution < 1.29 is 17.6 Å². The van der Waals surface area contributed by atoms with Gasteiger partial charge in [-0.05, 0) is 30.3 Å². The van der Waals surface area contributed by atoms with Crippen molar-refractivity contribution in [2.75, 3.05) is 26.2 Å². The highest BCUT2D eigenvalue weighted by molar-refractivity contribution is 7.89. The Labute approximate surface area is 197 Å². The zero-order chi connectivity index (χ0) is 23.7. The molecule has 0 spiro atoms. The number of hydrogen-bond donors (Lipinski definition) is 0. The molecule has 0 atom stereocenters. The van der Waals surface area contributed by atoms with Gasteiger partial charge in [-0.15, -0.1) is 0 Å². The van der Waals surface area contributed by atoms with Gasteiger partial charge in [-0.25, -0.2) is 12.8 Å². The van der Waals surface area contributed by atoms with Crippen molar-refractivity contribution in [1.82, 2.24) is 13.8 Å². The molecule has 1 amide bonds. The summed E-state index contributed by atoms with van der Waals surface area (Å²) in [7, 11) is -3.60. The van der Waals surface area contributed by atoms with Crippen LogP contribution in [0.25, 0.3) is 10.9 Å². The second kappa shape index (κ2) is 9.04. The Kier molecular flexibility index (Phi) is 5.93. The molecule has 2 heterocycles. The lowest BCUT2D eigenvalue weighted by Gasteiger charge is -2.34. The summed E-state index contributed by atoms with van der Waals surface area (Å²) >= 11 is 0. The van der Waals surface area contributed by atoms with Crippen LogP contribution >= 0.6 is 0 Å². The van der Waals surface area contributed by atoms with Crippen molar-refractivity contribution in [3.63, 3.8) is 0 Å². The summed E-state index contributed by atoms with van der Waals surface area (Å²) in [6.45, 7) is 1.23. The highest BCUT2D eigenvalue weighted by Gasteiger charge is 2.31. The van der Waals surface area contributed by atoms with Crippen LogP contribution in [0, 0.1) is 5.82 Å². The quantitative estimate of drug-likeness (QED) is 0.437. The first-order chi connectivity index (χ1) is 16.4. The average molecular weight is 478 g/mol. The Hall–Kier alpha value is -3.49. The van der Waals surface area contributed by atoms with Crippen molar-refractivity contribution in [2.45, 2.75) is 11.4 Å². The van der Waals surface area contributed by atoms with Crippen molar-refractivity contribution >= 4 is 26.8 Å². The predicted octanol–water partition coefficient (Wildman–Crippen LogP) is 3.98. The third-order valence-electron chi connectivity index (χ3n) is 6.22. The van der Waals surface area contributed by atoms with Crippen molar-refractivity contribution in [2.24, 2.45) is 0 Å². The standard InChI is InChI=1S/C26H24FN3O3S/c27-23-12-6-4-9-21(23)19-30-24-13-7-5-8-20(24)18-25(30)26(31)28-14-16-29(17-15-28)34(32,33)22-10-2-1-3-11-22/h1-13,18H,14-17,19H2. The van der Waals surface area contributed by atoms with E-state index < -0.39 is 10.0 Å². The minimum absolute atomic E-state index is 0.190. The molecule has 174 valence electrons. The van der Waals surface area contributed by atoms with Gasteiger partial charge < -0.3 is 9.47 Å². The van der Waals surface area contributed by atoms with E-state index in [4.69, 9.17) is 0 Å². The second-order valence-electron chi connectivity index (χ2n) is 8.28. The Morgan fingerprint density at radius 2 is 1.47 bits per heavy atom. The molecule has 1 saturated heterocycles. The van der Waals surface area contributed by atoms with E-state index in [0.717, 1.165) is 10.9 Å². The Balaban J connectivity index is 1.40. The summed E-state index contributed by atoms with van der Waals surface area (Å²) in [4.78, 5) is 15.5. The number of sulfonamides is 1. The van der Waals surface area contributed by atoms with E-state index in [0.29, 0.717) is 11.3 Å². The van der Waals surface area contributed by atoms with Crippen LogP contribution in [0.15, 0.2) is 89.8 Å². The van der Waals surface area contributed by atoms with Crippen LogP contribution in [0.5, 0.6) is 0 Å². The molecule has 6 nitrogen and oxygen atoms in total. The van der Waals surface area contributed by atoms with Gasteiger partial charge in [0.2, 0.25) is 10.0 Å². The van der Waals surface area contributed by atoms with Gasteiger partial charge in [-0.3, -0.25) is 4.79 Å². The maximum atomic E-state index is 14.4. The van der Waals surface area contributed by atoms with E-state index in [9.17, 15) is 17.6 Å². The van der Waals surface area contributed by atoms with Gasteiger partial charge in [-0.1, -0.05) is 54.6 Å². The molecule has 4 aromatic rings. The van der Waals surface area contributed by atoms with Crippen LogP contribution in [0.1, 0.15) is 16.1 Å². The van der Waals surface area contributed by atoms with Gasteiger partial charge in [0.05, 0.1) is 11.4 Å². The number of para-hydroxylation sites is 1. The Morgan fingerprint density at radius 3 is 2.21 bits per heavy atom. The maximum Gasteiger partial charge on any atom is 0.270 e. The first-order valence-electron chi connectivity index (χ1n) is 11.1. The molecular formula is C26H24FN3O3S. The highest BCUT2D eigenvalue weighted by atomic mass is 32.2. The summed E-state index contributed by atoms with van der Waals surface area (Å²) in [5.41, 5.74) is 1.81. The smallest absolute Gasteiger partial charge is 0.270 e. The third kappa shape index (κ3) is 4.10. The molecule has 0 N–H and O–H groups in total. The minimum atomic E-state index is -3.60. The molecule has 1 fully saturated rings. The molecule has 0 unspecified atom stereocenters. The van der Waals surface area contributed by atoms with Crippen LogP contribution < -0.4 is 0 Å². The fourth-order valence-electron chi connectivity index (χ4n) is 4.39. The summed E-state index contributed by atoms with van der Waals surface area (Å²) < 4.78 is 43.5. The number of carbonyl (C=O) groups excluding carboxylic acids is 1. The van der Waals surface area contributed by atoms with E-state index in [1.807, 2.05) is 34.9 Å². The van der Waals surface area contributed by atoms with Gasteiger partial charge >= 0.3 is 0 Å². The van der Waals surface area contributed by atoms with Crippen molar-refractivity contribution in [1.29, 1.82) is 0 Å². The molecule has 1 aromatic heterocycles. The lowest BCUT2D eigenvalue weighted by Crippen LogP contribution is -2.50. The van der Waals surface area contributed by atoms with Gasteiger partial charge in [-0.2, -0.15) is 4.31 Å². The number of hydrogen-bond acceptors (Lipinski definition) is 3. The number of nitrogens with zero attached hydrogens (tertiary/aromatic N) is 3. The topological polar surface area (TPSA) is 62.6 Å². The number of benzene rings is 3. The van der Waals surface area contributed by atoms with Crippen LogP contribution in [-0.2, 0) is 16.6 Å². The average Bonchev–Trinajstić information content (AvgIpc) is 3.24. The van der Waals surface area contributed by atoms with Crippen LogP contribution in [0.4, 0.5) is 4.39 Å². The summed E-state index contributed by atoms with van der Waals surface area (Å²) in [6.07, 6.45) is 0. The molecule has 5 rings (SSSR count). The Bertz CT molecular complexity index is 1440. The van der Waals surface area contributed by atoms with Gasteiger partial charge in [0.1, 0.15) is 11.5 Å². The zero-order valence-corrected chi connectivity index (χ0v) is 19.3. The number of halogens is 1. The van der Waals surface area contributed by atoms with Crippen LogP contribution in [0.3, 0.4) is 0 Å². The van der Waals surface area contributed by atoms with E-state index >= 15 is 0 Å². The van der Waals surface area contributed by atoms with Gasteiger partial charge in [0.15, 0.2) is 0 Å². The first-order valence-corrected chi connectivity index (χ1v) is 12.6. The number of piperazine rings is 1. The van der Waals surface area contributed by atoms with Gasteiger partial charge in [0.25, 0.3) is 5.91 Å². The number of carbonyl (C=O) groups is 1. The summed E-state index contributed by atoms with van der Waals surface area (Å²) in [6, 6.07) is 24.3. The minimum Gasteiger partial charge on any atom is -0.335 e. The highest BCUT2D eigenvalue weighted by Crippen LogP contribution is 2.24. The normalized spacial score (nSPS) is 15.0. The van der Waals surface area contributed by atoms with E-state index in [1.54, 1.807) is 53.4 Å². The fraction of sp³-hybridized carbons (Fsp3) is 0.192. The molecule has 3 aromatic carbocycles. The number of rotatable bonds is 5. The van der Waals surface area contributed by atoms with Crippen LogP contribution in [-0.4, -0.2) is 54.3 Å². The van der Waals surface area contributed by atoms with Crippen LogP contribution in [0.2, 0.25) is 0 Å². The molecule has 0 bridgehead atoms. The predicted molar refractivity (Wildman–Crippen MR) is 129 cm³/mol. The largest absolute Gasteiger partial charge is 0.335 e. The maximum absolute atomic E-state index is 14.4. The number of fused-ring (bicyclic) bond motifs is 1. The summed E-state index contributed by atoms with van der Waals surface area (Å²) in [5, 5.41) is 0.896. The third-order valence-corrected chi connectivity index (χ3v) is 8.14. The van der Waals surface area contributed by atoms with E-state index in [-0.39, 0.29) is 49.3 Å². The molecular weight excluding hydrogens is 453 g/mol. The first kappa shape index (κ1) is 22.3. The molecule has 0 saturated carbocycles. The molecule has 34 heavy (non-hydrogen) atoms.